The van der Waals surface area contributed by atoms with Crippen LogP contribution in [0.2, 0.25) is 0 Å². The third kappa shape index (κ3) is 13.4. The Morgan fingerprint density at radius 2 is 1.30 bits per heavy atom. The summed E-state index contributed by atoms with van der Waals surface area (Å²) in [5.41, 5.74) is -1.42. The molecule has 0 radical (unpaired) electrons. The molecule has 3 aromatic carbocycles. The van der Waals surface area contributed by atoms with Gasteiger partial charge in [-0.25, -0.2) is 4.79 Å². The molecule has 2 aliphatic rings. The summed E-state index contributed by atoms with van der Waals surface area (Å²) >= 11 is 0. The van der Waals surface area contributed by atoms with E-state index in [2.05, 4.69) is 0 Å². The third-order valence-corrected chi connectivity index (χ3v) is 12.1. The molecule has 0 unspecified atom stereocenters. The van der Waals surface area contributed by atoms with Gasteiger partial charge in [0.2, 0.25) is 0 Å². The first kappa shape index (κ1) is 51.4. The fourth-order valence-electron chi connectivity index (χ4n) is 8.87. The van der Waals surface area contributed by atoms with E-state index in [9.17, 15) is 69.2 Å². The molecule has 374 valence electrons. The number of nitrogens with zero attached hydrogens (tertiary/aromatic N) is 4. The minimum absolute atomic E-state index is 0.0101. The number of carbonyl (C=O) groups is 6. The lowest BCUT2D eigenvalue weighted by molar-refractivity contribution is -0.385. The Bertz CT molecular complexity index is 2660. The smallest absolute Gasteiger partial charge is 0.347 e. The SMILES string of the molecule is COc1ccc(N(C)CC(=O)O)c(O[C@@H]2CCC[C@@H]2Oc2cc([N+](=O)[O-])c(COc3ccc4cc(C(=O)CC5CCC(N(CC(=O)O)CC(=O)O)CC5)c(=O)oc4c3)cc2N(CC(=O)O)CC(=O)O)c1. The van der Waals surface area contributed by atoms with Gasteiger partial charge in [0.15, 0.2) is 5.78 Å². The van der Waals surface area contributed by atoms with Crippen LogP contribution in [0.3, 0.4) is 0 Å². The van der Waals surface area contributed by atoms with Gasteiger partial charge < -0.3 is 58.7 Å². The number of rotatable bonds is 25. The first-order chi connectivity index (χ1) is 33.3. The van der Waals surface area contributed by atoms with Crippen molar-refractivity contribution in [2.75, 3.05) is 56.7 Å². The normalized spacial score (nSPS) is 17.6. The molecule has 23 heteroatoms. The van der Waals surface area contributed by atoms with Gasteiger partial charge in [0, 0.05) is 37.0 Å². The predicted octanol–water partition coefficient (Wildman–Crippen LogP) is 4.77. The van der Waals surface area contributed by atoms with Gasteiger partial charge >= 0.3 is 35.5 Å². The van der Waals surface area contributed by atoms with Gasteiger partial charge in [-0.1, -0.05) is 0 Å². The summed E-state index contributed by atoms with van der Waals surface area (Å²) in [7, 11) is 3.01. The maximum atomic E-state index is 13.4. The van der Waals surface area contributed by atoms with Crippen LogP contribution >= 0.6 is 0 Å². The van der Waals surface area contributed by atoms with Crippen molar-refractivity contribution in [1.29, 1.82) is 0 Å². The lowest BCUT2D eigenvalue weighted by Gasteiger charge is -2.35. The van der Waals surface area contributed by atoms with Crippen LogP contribution in [0.5, 0.6) is 23.0 Å². The number of hydrogen-bond acceptors (Lipinski definition) is 17. The monoisotopic (exact) mass is 976 g/mol. The summed E-state index contributed by atoms with van der Waals surface area (Å²) in [5, 5.41) is 60.5. The topological polar surface area (TPSA) is 324 Å². The molecule has 23 nitrogen and oxygen atoms in total. The van der Waals surface area contributed by atoms with E-state index in [-0.39, 0.29) is 64.6 Å². The number of aliphatic carboxylic acids is 5. The highest BCUT2D eigenvalue weighted by Crippen LogP contribution is 2.41. The van der Waals surface area contributed by atoms with Crippen LogP contribution in [0.1, 0.15) is 67.3 Å². The minimum Gasteiger partial charge on any atom is -0.497 e. The molecule has 0 saturated heterocycles. The van der Waals surface area contributed by atoms with Crippen molar-refractivity contribution in [1.82, 2.24) is 4.90 Å². The van der Waals surface area contributed by atoms with Gasteiger partial charge in [-0.2, -0.15) is 0 Å². The number of carboxylic acids is 5. The zero-order valence-corrected chi connectivity index (χ0v) is 38.1. The van der Waals surface area contributed by atoms with E-state index in [0.717, 1.165) is 11.0 Å². The average molecular weight is 977 g/mol. The predicted molar refractivity (Wildman–Crippen MR) is 246 cm³/mol. The van der Waals surface area contributed by atoms with Gasteiger partial charge in [0.05, 0.1) is 48.1 Å². The number of nitro groups is 1. The molecule has 0 aliphatic heterocycles. The summed E-state index contributed by atoms with van der Waals surface area (Å²) in [4.78, 5) is 100. The van der Waals surface area contributed by atoms with Crippen molar-refractivity contribution >= 4 is 63.7 Å². The van der Waals surface area contributed by atoms with E-state index in [1.165, 1.54) is 47.2 Å². The van der Waals surface area contributed by atoms with E-state index >= 15 is 0 Å². The first-order valence-corrected chi connectivity index (χ1v) is 22.1. The molecule has 5 N–H and O–H groups in total. The molecule has 0 spiro atoms. The molecule has 0 amide bonds. The molecule has 0 bridgehead atoms. The molecule has 6 rings (SSSR count). The molecule has 2 aliphatic carbocycles. The van der Waals surface area contributed by atoms with Gasteiger partial charge in [-0.15, -0.1) is 0 Å². The van der Waals surface area contributed by atoms with Crippen LogP contribution in [-0.4, -0.2) is 136 Å². The van der Waals surface area contributed by atoms with Crippen LogP contribution in [0.15, 0.2) is 63.8 Å². The Labute approximate surface area is 398 Å². The Balaban J connectivity index is 1.22. The van der Waals surface area contributed by atoms with E-state index in [1.54, 1.807) is 25.2 Å². The maximum absolute atomic E-state index is 13.4. The second-order valence-electron chi connectivity index (χ2n) is 17.1. The minimum atomic E-state index is -1.41. The van der Waals surface area contributed by atoms with Crippen LogP contribution in [0.4, 0.5) is 17.1 Å². The molecule has 2 fully saturated rings. The molecule has 2 saturated carbocycles. The largest absolute Gasteiger partial charge is 0.497 e. The Hall–Kier alpha value is -7.95. The number of ketones is 1. The third-order valence-electron chi connectivity index (χ3n) is 12.1. The Morgan fingerprint density at radius 1 is 0.714 bits per heavy atom. The lowest BCUT2D eigenvalue weighted by Crippen LogP contribution is -2.44. The number of likely N-dealkylation sites (N-methyl/N-ethyl adjacent to an activating group) is 1. The van der Waals surface area contributed by atoms with E-state index in [0.29, 0.717) is 61.8 Å². The molecule has 70 heavy (non-hydrogen) atoms. The van der Waals surface area contributed by atoms with Crippen molar-refractivity contribution < 1.29 is 82.6 Å². The molecule has 4 aromatic rings. The van der Waals surface area contributed by atoms with Crippen LogP contribution in [0, 0.1) is 16.0 Å². The first-order valence-electron chi connectivity index (χ1n) is 22.1. The number of carboxylic acid groups (broad SMARTS) is 5. The zero-order valence-electron chi connectivity index (χ0n) is 38.1. The maximum Gasteiger partial charge on any atom is 0.347 e. The summed E-state index contributed by atoms with van der Waals surface area (Å²) in [6, 6.07) is 12.5. The lowest BCUT2D eigenvalue weighted by atomic mass is 9.82. The summed E-state index contributed by atoms with van der Waals surface area (Å²) in [6.45, 7) is -3.41. The number of fused-ring (bicyclic) bond motifs is 1. The highest BCUT2D eigenvalue weighted by molar-refractivity contribution is 5.98. The Morgan fingerprint density at radius 3 is 1.87 bits per heavy atom. The van der Waals surface area contributed by atoms with Crippen molar-refractivity contribution in [3.05, 3.63) is 86.3 Å². The second-order valence-corrected chi connectivity index (χ2v) is 17.1. The van der Waals surface area contributed by atoms with E-state index in [4.69, 9.17) is 23.4 Å². The van der Waals surface area contributed by atoms with Crippen molar-refractivity contribution in [3.63, 3.8) is 0 Å². The van der Waals surface area contributed by atoms with Gasteiger partial charge in [0.25, 0.3) is 5.69 Å². The molecular formula is C47H52N4O19. The molecular weight excluding hydrogens is 925 g/mol. The van der Waals surface area contributed by atoms with Gasteiger partial charge in [-0.3, -0.25) is 43.8 Å². The van der Waals surface area contributed by atoms with Crippen molar-refractivity contribution in [2.24, 2.45) is 5.92 Å². The van der Waals surface area contributed by atoms with Gasteiger partial charge in [0.1, 0.15) is 72.6 Å². The van der Waals surface area contributed by atoms with Crippen LogP contribution < -0.4 is 34.4 Å². The standard InChI is InChI=1S/C47H52N4O19/c1-48(20-42(53)54)33-13-12-30(66-2)17-40(33)68-37-4-3-5-38(37)69-41-19-34(51(64)65)28(16-35(41)50(23-45(59)60)24-46(61)62)25-67-31-11-8-27-15-32(47(63)70-39(27)18-31)36(52)14-26-6-9-29(10-7-26)49(21-43(55)56)22-44(57)58/h8,11-13,15-19,26,29,37-38H,3-7,9-10,14,20-25H2,1-2H3,(H,53,54)(H,55,56)(H,57,58)(H,59,60)(H,61,62)/t26?,29?,37-,38+/m1/s1. The van der Waals surface area contributed by atoms with Crippen molar-refractivity contribution in [3.8, 4) is 23.0 Å². The summed E-state index contributed by atoms with van der Waals surface area (Å²) < 4.78 is 29.6. The number of hydrogen-bond donors (Lipinski definition) is 5. The fraction of sp³-hybridized carbons (Fsp3) is 0.426. The second kappa shape index (κ2) is 22.9. The highest BCUT2D eigenvalue weighted by atomic mass is 16.6. The summed E-state index contributed by atoms with van der Waals surface area (Å²) in [6.07, 6.45) is 1.83. The van der Waals surface area contributed by atoms with Gasteiger partial charge in [-0.05, 0) is 87.3 Å². The fourth-order valence-corrected chi connectivity index (χ4v) is 8.87. The highest BCUT2D eigenvalue weighted by Gasteiger charge is 2.35. The van der Waals surface area contributed by atoms with Crippen LogP contribution in [0.25, 0.3) is 11.0 Å². The molecule has 1 heterocycles. The number of ether oxygens (including phenoxy) is 4. The van der Waals surface area contributed by atoms with E-state index in [1.807, 2.05) is 0 Å². The number of methoxy groups -OCH3 is 1. The molecule has 1 aromatic heterocycles. The van der Waals surface area contributed by atoms with Crippen molar-refractivity contribution in [2.45, 2.75) is 76.2 Å². The average Bonchev–Trinajstić information content (AvgIpc) is 3.72. The summed E-state index contributed by atoms with van der Waals surface area (Å²) in [5.74, 6) is -6.27. The number of nitro benzene ring substituents is 1. The molecule has 2 atom stereocenters. The van der Waals surface area contributed by atoms with E-state index < -0.39 is 96.9 Å². The van der Waals surface area contributed by atoms with Crippen LogP contribution in [-0.2, 0) is 30.6 Å². The number of carbonyl (C=O) groups excluding carboxylic acids is 1. The quantitative estimate of drug-likeness (QED) is 0.0258. The Kier molecular flexibility index (Phi) is 16.8. The number of benzene rings is 3. The number of anilines is 2. The number of Topliss-reactive ketones (excluding diaryl/α,β-unsaturated/α-hetero) is 1. The zero-order chi connectivity index (χ0) is 50.8.